The molecular weight excluding hydrogens is 689 g/mol. The van der Waals surface area contributed by atoms with Crippen molar-refractivity contribution < 1.29 is 44.3 Å². The number of methoxy groups -OCH3 is 2. The normalized spacial score (nSPS) is 11.1. The SMILES string of the molecule is COc1ccc(S(=O)(=O)Oc2cccc(NC(=O)Nc3ccccc3NC(=O)Nc3cccc(OS(=O)(=O)c4ccc(OC)cc4)c3)c2)cc1. The smallest absolute Gasteiger partial charge is 0.339 e. The first-order valence-electron chi connectivity index (χ1n) is 14.6. The van der Waals surface area contributed by atoms with E-state index in [1.165, 1.54) is 111 Å². The summed E-state index contributed by atoms with van der Waals surface area (Å²) >= 11 is 0. The summed E-state index contributed by atoms with van der Waals surface area (Å²) in [7, 11) is -5.40. The lowest BCUT2D eigenvalue weighted by molar-refractivity contribution is 0.261. The highest BCUT2D eigenvalue weighted by Crippen LogP contribution is 2.27. The van der Waals surface area contributed by atoms with E-state index in [1.54, 1.807) is 24.3 Å². The minimum Gasteiger partial charge on any atom is -0.497 e. The van der Waals surface area contributed by atoms with Gasteiger partial charge in [0.1, 0.15) is 32.8 Å². The Kier molecular flexibility index (Phi) is 10.7. The van der Waals surface area contributed by atoms with E-state index >= 15 is 0 Å². The molecule has 5 aromatic carbocycles. The van der Waals surface area contributed by atoms with E-state index in [2.05, 4.69) is 21.3 Å². The molecule has 0 heterocycles. The molecule has 14 nitrogen and oxygen atoms in total. The first-order valence-corrected chi connectivity index (χ1v) is 17.4. The summed E-state index contributed by atoms with van der Waals surface area (Å²) < 4.78 is 71.5. The van der Waals surface area contributed by atoms with Crippen molar-refractivity contribution in [3.63, 3.8) is 0 Å². The molecule has 5 rings (SSSR count). The monoisotopic (exact) mass is 718 g/mol. The van der Waals surface area contributed by atoms with Crippen LogP contribution in [0.3, 0.4) is 0 Å². The van der Waals surface area contributed by atoms with Gasteiger partial charge in [-0.15, -0.1) is 0 Å². The summed E-state index contributed by atoms with van der Waals surface area (Å²) in [5, 5.41) is 10.5. The van der Waals surface area contributed by atoms with Crippen molar-refractivity contribution in [3.05, 3.63) is 121 Å². The second-order valence-corrected chi connectivity index (χ2v) is 13.3. The fraction of sp³-hybridized carbons (Fsp3) is 0.0588. The van der Waals surface area contributed by atoms with E-state index < -0.39 is 32.3 Å². The summed E-state index contributed by atoms with van der Waals surface area (Å²) in [6.07, 6.45) is 0. The highest BCUT2D eigenvalue weighted by atomic mass is 32.2. The van der Waals surface area contributed by atoms with Crippen molar-refractivity contribution in [2.75, 3.05) is 35.5 Å². The maximum Gasteiger partial charge on any atom is 0.339 e. The number of carbonyl (C=O) groups is 2. The van der Waals surface area contributed by atoms with Gasteiger partial charge >= 0.3 is 32.3 Å². The van der Waals surface area contributed by atoms with E-state index in [0.717, 1.165) is 0 Å². The lowest BCUT2D eigenvalue weighted by atomic mass is 10.2. The summed E-state index contributed by atoms with van der Waals surface area (Å²) in [4.78, 5) is 25.6. The molecule has 0 unspecified atom stereocenters. The van der Waals surface area contributed by atoms with Crippen LogP contribution in [0.15, 0.2) is 131 Å². The van der Waals surface area contributed by atoms with Crippen molar-refractivity contribution >= 4 is 55.0 Å². The Bertz CT molecular complexity index is 2050. The van der Waals surface area contributed by atoms with Crippen molar-refractivity contribution in [1.29, 1.82) is 0 Å². The molecule has 0 fully saturated rings. The van der Waals surface area contributed by atoms with E-state index in [4.69, 9.17) is 17.8 Å². The van der Waals surface area contributed by atoms with Gasteiger partial charge in [-0.2, -0.15) is 16.8 Å². The number of amides is 4. The zero-order valence-electron chi connectivity index (χ0n) is 26.4. The number of para-hydroxylation sites is 2. The zero-order valence-corrected chi connectivity index (χ0v) is 28.1. The lowest BCUT2D eigenvalue weighted by Crippen LogP contribution is -2.23. The van der Waals surface area contributed by atoms with Crippen LogP contribution in [0.5, 0.6) is 23.0 Å². The van der Waals surface area contributed by atoms with Crippen LogP contribution in [0.2, 0.25) is 0 Å². The Morgan fingerprint density at radius 1 is 0.460 bits per heavy atom. The van der Waals surface area contributed by atoms with E-state index in [-0.39, 0.29) is 44.0 Å². The van der Waals surface area contributed by atoms with Gasteiger partial charge in [0.05, 0.1) is 25.6 Å². The molecule has 4 N–H and O–H groups in total. The average Bonchev–Trinajstić information content (AvgIpc) is 3.09. The summed E-state index contributed by atoms with van der Waals surface area (Å²) in [6.45, 7) is 0. The first kappa shape index (κ1) is 35.1. The predicted octanol–water partition coefficient (Wildman–Crippen LogP) is 6.53. The number of hydrogen-bond acceptors (Lipinski definition) is 10. The third-order valence-corrected chi connectivity index (χ3v) is 9.24. The van der Waals surface area contributed by atoms with Gasteiger partial charge in [-0.3, -0.25) is 0 Å². The number of nitrogens with one attached hydrogen (secondary N) is 4. The van der Waals surface area contributed by atoms with Crippen LogP contribution in [0.25, 0.3) is 0 Å². The molecule has 0 aliphatic rings. The van der Waals surface area contributed by atoms with Gasteiger partial charge in [-0.1, -0.05) is 24.3 Å². The van der Waals surface area contributed by atoms with Gasteiger partial charge in [0.25, 0.3) is 0 Å². The second kappa shape index (κ2) is 15.3. The number of rotatable bonds is 12. The fourth-order valence-corrected chi connectivity index (χ4v) is 6.20. The van der Waals surface area contributed by atoms with Crippen LogP contribution < -0.4 is 39.1 Å². The van der Waals surface area contributed by atoms with E-state index in [1.807, 2.05) is 0 Å². The van der Waals surface area contributed by atoms with E-state index in [9.17, 15) is 26.4 Å². The maximum absolute atomic E-state index is 12.9. The highest BCUT2D eigenvalue weighted by Gasteiger charge is 2.19. The third-order valence-electron chi connectivity index (χ3n) is 6.72. The van der Waals surface area contributed by atoms with Crippen LogP contribution in [0.4, 0.5) is 32.3 Å². The second-order valence-electron chi connectivity index (χ2n) is 10.2. The van der Waals surface area contributed by atoms with Gasteiger partial charge in [-0.25, -0.2) is 9.59 Å². The zero-order chi connectivity index (χ0) is 35.7. The molecule has 4 amide bonds. The standard InChI is InChI=1S/C34H30N4O10S2/c1-45-25-13-17-29(18-14-25)49(41,42)47-27-9-5-7-23(21-27)35-33(39)37-31-11-3-4-12-32(31)38-34(40)36-24-8-6-10-28(22-24)48-50(43,44)30-19-15-26(46-2)16-20-30/h3-22H,1-2H3,(H2,35,37,39)(H2,36,38,40). The van der Waals surface area contributed by atoms with E-state index in [0.29, 0.717) is 11.5 Å². The van der Waals surface area contributed by atoms with Crippen LogP contribution in [-0.2, 0) is 20.2 Å². The number of benzene rings is 5. The molecule has 0 saturated heterocycles. The van der Waals surface area contributed by atoms with Crippen LogP contribution >= 0.6 is 0 Å². The number of anilines is 4. The molecule has 0 bridgehead atoms. The molecule has 258 valence electrons. The van der Waals surface area contributed by atoms with Crippen molar-refractivity contribution in [3.8, 4) is 23.0 Å². The van der Waals surface area contributed by atoms with Crippen molar-refractivity contribution in [1.82, 2.24) is 0 Å². The maximum atomic E-state index is 12.9. The largest absolute Gasteiger partial charge is 0.497 e. The fourth-order valence-electron chi connectivity index (χ4n) is 4.36. The van der Waals surface area contributed by atoms with Gasteiger partial charge in [0, 0.05) is 23.5 Å². The van der Waals surface area contributed by atoms with Gasteiger partial charge < -0.3 is 39.1 Å². The number of ether oxygens (including phenoxy) is 2. The average molecular weight is 719 g/mol. The van der Waals surface area contributed by atoms with Crippen LogP contribution in [0.1, 0.15) is 0 Å². The van der Waals surface area contributed by atoms with Gasteiger partial charge in [-0.05, 0) is 84.9 Å². The summed E-state index contributed by atoms with van der Waals surface area (Å²) in [5.74, 6) is 0.890. The Morgan fingerprint density at radius 3 is 1.20 bits per heavy atom. The van der Waals surface area contributed by atoms with Crippen molar-refractivity contribution in [2.45, 2.75) is 9.79 Å². The molecule has 16 heteroatoms. The topological polar surface area (TPSA) is 187 Å². The first-order chi connectivity index (χ1) is 23.9. The van der Waals surface area contributed by atoms with Crippen LogP contribution in [-0.4, -0.2) is 43.1 Å². The molecule has 0 aliphatic carbocycles. The number of carbonyl (C=O) groups excluding carboxylic acids is 2. The summed E-state index contributed by atoms with van der Waals surface area (Å²) in [6, 6.07) is 27.9. The molecule has 0 aromatic heterocycles. The predicted molar refractivity (Wildman–Crippen MR) is 186 cm³/mol. The number of urea groups is 2. The van der Waals surface area contributed by atoms with Crippen LogP contribution in [0, 0.1) is 0 Å². The van der Waals surface area contributed by atoms with Gasteiger partial charge in [0.15, 0.2) is 0 Å². The molecular formula is C34H30N4O10S2. The molecule has 0 radical (unpaired) electrons. The third kappa shape index (κ3) is 9.21. The Morgan fingerprint density at radius 2 is 0.840 bits per heavy atom. The molecule has 0 spiro atoms. The molecule has 0 atom stereocenters. The minimum absolute atomic E-state index is 0.0369. The molecule has 50 heavy (non-hydrogen) atoms. The minimum atomic E-state index is -4.16. The van der Waals surface area contributed by atoms with Crippen molar-refractivity contribution in [2.24, 2.45) is 0 Å². The highest BCUT2D eigenvalue weighted by molar-refractivity contribution is 7.87. The number of hydrogen-bond donors (Lipinski definition) is 4. The molecule has 5 aromatic rings. The Hall–Kier alpha value is -6.26. The molecule has 0 saturated carbocycles. The quantitative estimate of drug-likeness (QED) is 0.103. The molecule has 0 aliphatic heterocycles. The Labute approximate surface area is 288 Å². The lowest BCUT2D eigenvalue weighted by Gasteiger charge is -2.14. The Balaban J connectivity index is 1.19. The van der Waals surface area contributed by atoms with Gasteiger partial charge in [0.2, 0.25) is 0 Å². The summed E-state index contributed by atoms with van der Waals surface area (Å²) in [5.41, 5.74) is 0.919.